The molecule has 0 bridgehead atoms. The Bertz CT molecular complexity index is 404. The molecule has 0 fully saturated rings. The molecule has 0 aromatic heterocycles. The van der Waals surface area contributed by atoms with Crippen molar-refractivity contribution in [3.8, 4) is 11.5 Å². The molecule has 0 radical (unpaired) electrons. The maximum absolute atomic E-state index is 9.02. The highest BCUT2D eigenvalue weighted by molar-refractivity contribution is 5.56. The highest BCUT2D eigenvalue weighted by atomic mass is 16.5. The molecule has 100 valence electrons. The quantitative estimate of drug-likeness (QED) is 0.863. The summed E-state index contributed by atoms with van der Waals surface area (Å²) < 4.78 is 11.2. The Hall–Kier alpha value is -1.42. The minimum absolute atomic E-state index is 0.144. The van der Waals surface area contributed by atoms with E-state index in [9.17, 15) is 0 Å². The molecule has 2 rings (SSSR count). The van der Waals surface area contributed by atoms with Crippen LogP contribution in [0.4, 0.5) is 5.69 Å². The van der Waals surface area contributed by atoms with E-state index in [-0.39, 0.29) is 12.1 Å². The summed E-state index contributed by atoms with van der Waals surface area (Å²) in [6.07, 6.45) is 1.61. The van der Waals surface area contributed by atoms with Crippen molar-refractivity contribution in [3.63, 3.8) is 0 Å². The summed E-state index contributed by atoms with van der Waals surface area (Å²) in [6, 6.07) is 5.87. The lowest BCUT2D eigenvalue weighted by atomic mass is 10.0. The summed E-state index contributed by atoms with van der Waals surface area (Å²) in [4.78, 5) is 0. The fraction of sp³-hybridized carbons (Fsp3) is 0.571. The SMILES string of the molecule is CC(C)(CCO)Nc1ccc2c(c1)OCCCO2. The van der Waals surface area contributed by atoms with E-state index in [1.54, 1.807) is 0 Å². The Balaban J connectivity index is 2.13. The highest BCUT2D eigenvalue weighted by Gasteiger charge is 2.18. The van der Waals surface area contributed by atoms with Gasteiger partial charge in [0.05, 0.1) is 13.2 Å². The second-order valence-corrected chi connectivity index (χ2v) is 5.19. The van der Waals surface area contributed by atoms with E-state index >= 15 is 0 Å². The topological polar surface area (TPSA) is 50.7 Å². The van der Waals surface area contributed by atoms with Gasteiger partial charge in [-0.05, 0) is 32.4 Å². The number of fused-ring (bicyclic) bond motifs is 1. The molecule has 0 aliphatic carbocycles. The van der Waals surface area contributed by atoms with Gasteiger partial charge in [-0.2, -0.15) is 0 Å². The van der Waals surface area contributed by atoms with Crippen LogP contribution in [-0.2, 0) is 0 Å². The Morgan fingerprint density at radius 1 is 1.22 bits per heavy atom. The van der Waals surface area contributed by atoms with E-state index in [0.717, 1.165) is 23.6 Å². The standard InChI is InChI=1S/C14H21NO3/c1-14(2,6-7-16)15-11-4-5-12-13(10-11)18-9-3-8-17-12/h4-5,10,15-16H,3,6-9H2,1-2H3. The average Bonchev–Trinajstić information content (AvgIpc) is 2.52. The van der Waals surface area contributed by atoms with Crippen LogP contribution in [0.1, 0.15) is 26.7 Å². The second kappa shape index (κ2) is 5.48. The van der Waals surface area contributed by atoms with E-state index in [1.807, 2.05) is 18.2 Å². The number of aliphatic hydroxyl groups excluding tert-OH is 1. The van der Waals surface area contributed by atoms with Crippen LogP contribution < -0.4 is 14.8 Å². The van der Waals surface area contributed by atoms with Crippen molar-refractivity contribution in [2.24, 2.45) is 0 Å². The Labute approximate surface area is 108 Å². The van der Waals surface area contributed by atoms with Crippen molar-refractivity contribution < 1.29 is 14.6 Å². The third-order valence-electron chi connectivity index (χ3n) is 2.97. The summed E-state index contributed by atoms with van der Waals surface area (Å²) in [5.41, 5.74) is 0.840. The summed E-state index contributed by atoms with van der Waals surface area (Å²) >= 11 is 0. The van der Waals surface area contributed by atoms with Crippen LogP contribution >= 0.6 is 0 Å². The first-order chi connectivity index (χ1) is 8.61. The molecule has 1 aliphatic heterocycles. The molecule has 0 spiro atoms. The lowest BCUT2D eigenvalue weighted by Crippen LogP contribution is -2.31. The third kappa shape index (κ3) is 3.29. The number of benzene rings is 1. The summed E-state index contributed by atoms with van der Waals surface area (Å²) in [5, 5.41) is 12.4. The fourth-order valence-electron chi connectivity index (χ4n) is 1.97. The van der Waals surface area contributed by atoms with E-state index < -0.39 is 0 Å². The van der Waals surface area contributed by atoms with Gasteiger partial charge in [-0.1, -0.05) is 0 Å². The summed E-state index contributed by atoms with van der Waals surface area (Å²) in [5.74, 6) is 1.59. The normalized spacial score (nSPS) is 15.1. The molecular weight excluding hydrogens is 230 g/mol. The number of ether oxygens (including phenoxy) is 2. The molecule has 1 heterocycles. The van der Waals surface area contributed by atoms with Gasteiger partial charge in [0.2, 0.25) is 0 Å². The van der Waals surface area contributed by atoms with Gasteiger partial charge < -0.3 is 19.9 Å². The van der Waals surface area contributed by atoms with E-state index in [2.05, 4.69) is 19.2 Å². The second-order valence-electron chi connectivity index (χ2n) is 5.19. The maximum Gasteiger partial charge on any atom is 0.163 e. The Kier molecular flexibility index (Phi) is 3.97. The first-order valence-corrected chi connectivity index (χ1v) is 6.39. The lowest BCUT2D eigenvalue weighted by Gasteiger charge is -2.27. The molecular formula is C14H21NO3. The fourth-order valence-corrected chi connectivity index (χ4v) is 1.97. The van der Waals surface area contributed by atoms with E-state index in [1.165, 1.54) is 0 Å². The number of nitrogens with one attached hydrogen (secondary N) is 1. The molecule has 0 saturated heterocycles. The number of aliphatic hydroxyl groups is 1. The van der Waals surface area contributed by atoms with Crippen LogP contribution in [0.2, 0.25) is 0 Å². The molecule has 2 N–H and O–H groups in total. The molecule has 4 nitrogen and oxygen atoms in total. The summed E-state index contributed by atoms with van der Waals surface area (Å²) in [6.45, 7) is 5.69. The largest absolute Gasteiger partial charge is 0.490 e. The molecule has 0 saturated carbocycles. The van der Waals surface area contributed by atoms with Gasteiger partial charge in [-0.25, -0.2) is 0 Å². The van der Waals surface area contributed by atoms with Crippen LogP contribution in [0.25, 0.3) is 0 Å². The zero-order valence-electron chi connectivity index (χ0n) is 11.0. The van der Waals surface area contributed by atoms with Crippen LogP contribution in [0.5, 0.6) is 11.5 Å². The highest BCUT2D eigenvalue weighted by Crippen LogP contribution is 2.33. The van der Waals surface area contributed by atoms with E-state index in [0.29, 0.717) is 19.6 Å². The third-order valence-corrected chi connectivity index (χ3v) is 2.97. The van der Waals surface area contributed by atoms with Gasteiger partial charge in [-0.15, -0.1) is 0 Å². The van der Waals surface area contributed by atoms with Crippen molar-refractivity contribution in [1.82, 2.24) is 0 Å². The molecule has 0 unspecified atom stereocenters. The van der Waals surface area contributed by atoms with Gasteiger partial charge in [0.25, 0.3) is 0 Å². The van der Waals surface area contributed by atoms with Gasteiger partial charge in [0, 0.05) is 30.3 Å². The van der Waals surface area contributed by atoms with Crippen LogP contribution in [-0.4, -0.2) is 30.5 Å². The monoisotopic (exact) mass is 251 g/mol. The van der Waals surface area contributed by atoms with Crippen molar-refractivity contribution in [2.75, 3.05) is 25.1 Å². The minimum Gasteiger partial charge on any atom is -0.490 e. The smallest absolute Gasteiger partial charge is 0.163 e. The first-order valence-electron chi connectivity index (χ1n) is 6.39. The van der Waals surface area contributed by atoms with Gasteiger partial charge in [0.1, 0.15) is 0 Å². The number of hydrogen-bond acceptors (Lipinski definition) is 4. The Morgan fingerprint density at radius 3 is 2.67 bits per heavy atom. The molecule has 1 aromatic carbocycles. The van der Waals surface area contributed by atoms with Crippen molar-refractivity contribution in [2.45, 2.75) is 32.2 Å². The number of rotatable bonds is 4. The molecule has 1 aromatic rings. The molecule has 0 amide bonds. The lowest BCUT2D eigenvalue weighted by molar-refractivity contribution is 0.261. The zero-order valence-corrected chi connectivity index (χ0v) is 11.0. The number of hydrogen-bond donors (Lipinski definition) is 2. The maximum atomic E-state index is 9.02. The average molecular weight is 251 g/mol. The first kappa shape index (κ1) is 13.0. The van der Waals surface area contributed by atoms with Gasteiger partial charge in [-0.3, -0.25) is 0 Å². The number of anilines is 1. The Morgan fingerprint density at radius 2 is 1.94 bits per heavy atom. The molecule has 1 aliphatic rings. The predicted octanol–water partition coefficient (Wildman–Crippen LogP) is 2.42. The molecule has 4 heteroatoms. The van der Waals surface area contributed by atoms with E-state index in [4.69, 9.17) is 14.6 Å². The van der Waals surface area contributed by atoms with Crippen LogP contribution in [0.15, 0.2) is 18.2 Å². The molecule has 18 heavy (non-hydrogen) atoms. The molecule has 0 atom stereocenters. The summed E-state index contributed by atoms with van der Waals surface area (Å²) in [7, 11) is 0. The van der Waals surface area contributed by atoms with Crippen LogP contribution in [0.3, 0.4) is 0 Å². The predicted molar refractivity (Wildman–Crippen MR) is 71.5 cm³/mol. The zero-order chi connectivity index (χ0) is 13.0. The minimum atomic E-state index is -0.144. The van der Waals surface area contributed by atoms with Crippen molar-refractivity contribution in [3.05, 3.63) is 18.2 Å². The van der Waals surface area contributed by atoms with Gasteiger partial charge >= 0.3 is 0 Å². The van der Waals surface area contributed by atoms with Crippen LogP contribution in [0, 0.1) is 0 Å². The van der Waals surface area contributed by atoms with Gasteiger partial charge in [0.15, 0.2) is 11.5 Å². The van der Waals surface area contributed by atoms with Crippen molar-refractivity contribution >= 4 is 5.69 Å². The van der Waals surface area contributed by atoms with Crippen molar-refractivity contribution in [1.29, 1.82) is 0 Å².